The SMILES string of the molecule is COC(=O)c1ccccc1COc1ccc(CC(C)(C)N)cc1Br. The summed E-state index contributed by atoms with van der Waals surface area (Å²) in [6.07, 6.45) is 0.775. The van der Waals surface area contributed by atoms with Crippen LogP contribution in [-0.4, -0.2) is 18.6 Å². The number of halogens is 1. The summed E-state index contributed by atoms with van der Waals surface area (Å²) < 4.78 is 11.5. The van der Waals surface area contributed by atoms with Gasteiger partial charge < -0.3 is 15.2 Å². The number of ether oxygens (including phenoxy) is 2. The molecule has 0 saturated carbocycles. The average molecular weight is 392 g/mol. The number of nitrogens with two attached hydrogens (primary N) is 1. The second-order valence-electron chi connectivity index (χ2n) is 6.37. The highest BCUT2D eigenvalue weighted by Crippen LogP contribution is 2.28. The number of carbonyl (C=O) groups excluding carboxylic acids is 1. The molecule has 128 valence electrons. The fraction of sp³-hybridized carbons (Fsp3) is 0.316. The summed E-state index contributed by atoms with van der Waals surface area (Å²) in [7, 11) is 1.37. The lowest BCUT2D eigenvalue weighted by Gasteiger charge is -2.19. The maximum Gasteiger partial charge on any atom is 0.338 e. The first kappa shape index (κ1) is 18.5. The third kappa shape index (κ3) is 5.08. The summed E-state index contributed by atoms with van der Waals surface area (Å²) >= 11 is 3.53. The minimum absolute atomic E-state index is 0.263. The molecule has 5 heteroatoms. The molecule has 0 radical (unpaired) electrons. The summed E-state index contributed by atoms with van der Waals surface area (Å²) in [5, 5.41) is 0. The largest absolute Gasteiger partial charge is 0.488 e. The van der Waals surface area contributed by atoms with Gasteiger partial charge in [0, 0.05) is 11.1 Å². The summed E-state index contributed by atoms with van der Waals surface area (Å²) in [4.78, 5) is 11.8. The molecule has 0 amide bonds. The second kappa shape index (κ2) is 7.81. The fourth-order valence-corrected chi connectivity index (χ4v) is 2.95. The van der Waals surface area contributed by atoms with E-state index in [1.165, 1.54) is 7.11 Å². The van der Waals surface area contributed by atoms with Gasteiger partial charge in [0.25, 0.3) is 0 Å². The highest BCUT2D eigenvalue weighted by molar-refractivity contribution is 9.10. The number of hydrogen-bond donors (Lipinski definition) is 1. The highest BCUT2D eigenvalue weighted by atomic mass is 79.9. The molecule has 4 nitrogen and oxygen atoms in total. The molecular weight excluding hydrogens is 370 g/mol. The van der Waals surface area contributed by atoms with Gasteiger partial charge in [-0.3, -0.25) is 0 Å². The van der Waals surface area contributed by atoms with Crippen molar-refractivity contribution in [2.45, 2.75) is 32.4 Å². The van der Waals surface area contributed by atoms with Crippen LogP contribution in [0.4, 0.5) is 0 Å². The summed E-state index contributed by atoms with van der Waals surface area (Å²) in [5.41, 5.74) is 8.22. The van der Waals surface area contributed by atoms with Gasteiger partial charge in [0.05, 0.1) is 17.1 Å². The van der Waals surface area contributed by atoms with E-state index in [0.29, 0.717) is 11.3 Å². The van der Waals surface area contributed by atoms with E-state index < -0.39 is 0 Å². The van der Waals surface area contributed by atoms with E-state index in [1.54, 1.807) is 12.1 Å². The van der Waals surface area contributed by atoms with Gasteiger partial charge in [-0.2, -0.15) is 0 Å². The standard InChI is InChI=1S/C19H22BrNO3/c1-19(2,21)11-13-8-9-17(16(20)10-13)24-12-14-6-4-5-7-15(14)18(22)23-3/h4-10H,11-12,21H2,1-3H3. The van der Waals surface area contributed by atoms with Crippen molar-refractivity contribution >= 4 is 21.9 Å². The van der Waals surface area contributed by atoms with Crippen LogP contribution in [0.25, 0.3) is 0 Å². The van der Waals surface area contributed by atoms with E-state index in [9.17, 15) is 4.79 Å². The molecular formula is C19H22BrNO3. The minimum atomic E-state index is -0.367. The summed E-state index contributed by atoms with van der Waals surface area (Å²) in [6, 6.07) is 13.2. The average Bonchev–Trinajstić information content (AvgIpc) is 2.52. The molecule has 0 aliphatic carbocycles. The molecule has 2 N–H and O–H groups in total. The van der Waals surface area contributed by atoms with E-state index >= 15 is 0 Å². The summed E-state index contributed by atoms with van der Waals surface area (Å²) in [5.74, 6) is 0.349. The van der Waals surface area contributed by atoms with Crippen LogP contribution in [0.3, 0.4) is 0 Å². The van der Waals surface area contributed by atoms with Gasteiger partial charge in [-0.25, -0.2) is 4.79 Å². The number of carbonyl (C=O) groups is 1. The van der Waals surface area contributed by atoms with Gasteiger partial charge >= 0.3 is 5.97 Å². The van der Waals surface area contributed by atoms with Crippen LogP contribution in [0.1, 0.15) is 35.3 Å². The van der Waals surface area contributed by atoms with E-state index in [0.717, 1.165) is 22.0 Å². The predicted molar refractivity (Wildman–Crippen MR) is 98.2 cm³/mol. The molecule has 0 unspecified atom stereocenters. The van der Waals surface area contributed by atoms with E-state index in [1.807, 2.05) is 44.2 Å². The zero-order valence-corrected chi connectivity index (χ0v) is 15.7. The van der Waals surface area contributed by atoms with Gasteiger partial charge in [-0.1, -0.05) is 24.3 Å². The van der Waals surface area contributed by atoms with Crippen molar-refractivity contribution in [3.8, 4) is 5.75 Å². The van der Waals surface area contributed by atoms with Crippen LogP contribution in [0.5, 0.6) is 5.75 Å². The Kier molecular flexibility index (Phi) is 6.02. The number of hydrogen-bond acceptors (Lipinski definition) is 4. The Morgan fingerprint density at radius 3 is 2.54 bits per heavy atom. The van der Waals surface area contributed by atoms with Crippen LogP contribution < -0.4 is 10.5 Å². The van der Waals surface area contributed by atoms with Gasteiger partial charge in [-0.05, 0) is 60.0 Å². The van der Waals surface area contributed by atoms with Crippen LogP contribution in [0.2, 0.25) is 0 Å². The first-order valence-electron chi connectivity index (χ1n) is 7.66. The van der Waals surface area contributed by atoms with Gasteiger partial charge in [0.15, 0.2) is 0 Å². The van der Waals surface area contributed by atoms with Gasteiger partial charge in [0.1, 0.15) is 12.4 Å². The topological polar surface area (TPSA) is 61.5 Å². The van der Waals surface area contributed by atoms with Crippen molar-refractivity contribution in [2.24, 2.45) is 5.73 Å². The normalized spacial score (nSPS) is 11.2. The molecule has 0 spiro atoms. The molecule has 0 saturated heterocycles. The van der Waals surface area contributed by atoms with Crippen molar-refractivity contribution in [2.75, 3.05) is 7.11 Å². The van der Waals surface area contributed by atoms with Crippen molar-refractivity contribution in [3.63, 3.8) is 0 Å². The van der Waals surface area contributed by atoms with Crippen LogP contribution in [0, 0.1) is 0 Å². The van der Waals surface area contributed by atoms with Crippen LogP contribution in [-0.2, 0) is 17.8 Å². The number of esters is 1. The van der Waals surface area contributed by atoms with Gasteiger partial charge in [0.2, 0.25) is 0 Å². The van der Waals surface area contributed by atoms with E-state index in [-0.39, 0.29) is 18.1 Å². The van der Waals surface area contributed by atoms with Crippen LogP contribution >= 0.6 is 15.9 Å². The first-order chi connectivity index (χ1) is 11.3. The lowest BCUT2D eigenvalue weighted by molar-refractivity contribution is 0.0597. The summed E-state index contributed by atoms with van der Waals surface area (Å²) in [6.45, 7) is 4.27. The monoisotopic (exact) mass is 391 g/mol. The molecule has 0 bridgehead atoms. The number of methoxy groups -OCH3 is 1. The molecule has 24 heavy (non-hydrogen) atoms. The molecule has 2 aromatic rings. The Hall–Kier alpha value is -1.85. The lowest BCUT2D eigenvalue weighted by Crippen LogP contribution is -2.34. The van der Waals surface area contributed by atoms with Crippen molar-refractivity contribution in [1.29, 1.82) is 0 Å². The predicted octanol–water partition coefficient (Wildman–Crippen LogP) is 4.09. The zero-order chi connectivity index (χ0) is 17.7. The maximum atomic E-state index is 11.8. The van der Waals surface area contributed by atoms with E-state index in [2.05, 4.69) is 15.9 Å². The smallest absolute Gasteiger partial charge is 0.338 e. The lowest BCUT2D eigenvalue weighted by atomic mass is 9.96. The molecule has 2 rings (SSSR count). The van der Waals surface area contributed by atoms with Gasteiger partial charge in [-0.15, -0.1) is 0 Å². The molecule has 0 aliphatic heterocycles. The molecule has 0 aromatic heterocycles. The number of benzene rings is 2. The minimum Gasteiger partial charge on any atom is -0.488 e. The van der Waals surface area contributed by atoms with Crippen molar-refractivity contribution in [3.05, 3.63) is 63.6 Å². The quantitative estimate of drug-likeness (QED) is 0.753. The molecule has 0 heterocycles. The Morgan fingerprint density at radius 1 is 1.21 bits per heavy atom. The van der Waals surface area contributed by atoms with E-state index in [4.69, 9.17) is 15.2 Å². The van der Waals surface area contributed by atoms with Crippen molar-refractivity contribution in [1.82, 2.24) is 0 Å². The fourth-order valence-electron chi connectivity index (χ4n) is 2.41. The number of rotatable bonds is 6. The second-order valence-corrected chi connectivity index (χ2v) is 7.22. The Bertz CT molecular complexity index is 723. The zero-order valence-electron chi connectivity index (χ0n) is 14.1. The Morgan fingerprint density at radius 2 is 1.92 bits per heavy atom. The molecule has 0 aliphatic rings. The Labute approximate surface area is 151 Å². The maximum absolute atomic E-state index is 11.8. The van der Waals surface area contributed by atoms with Crippen molar-refractivity contribution < 1.29 is 14.3 Å². The van der Waals surface area contributed by atoms with Crippen LogP contribution in [0.15, 0.2) is 46.9 Å². The molecule has 0 atom stereocenters. The third-order valence-corrected chi connectivity index (χ3v) is 4.08. The highest BCUT2D eigenvalue weighted by Gasteiger charge is 2.14. The first-order valence-corrected chi connectivity index (χ1v) is 8.46. The molecule has 0 fully saturated rings. The Balaban J connectivity index is 2.12. The third-order valence-electron chi connectivity index (χ3n) is 3.46. The molecule has 2 aromatic carbocycles.